The van der Waals surface area contributed by atoms with Gasteiger partial charge in [-0.25, -0.2) is 9.90 Å². The Hall–Kier alpha value is -1.06. The first-order chi connectivity index (χ1) is 4.36. The van der Waals surface area contributed by atoms with E-state index >= 15 is 0 Å². The van der Waals surface area contributed by atoms with Crippen LogP contribution in [0.15, 0.2) is 0 Å². The molecule has 4 nitrogen and oxygen atoms in total. The lowest BCUT2D eigenvalue weighted by atomic mass is 9.90. The van der Waals surface area contributed by atoms with E-state index in [0.717, 1.165) is 0 Å². The first-order valence-electron chi connectivity index (χ1n) is 2.79. The third-order valence-electron chi connectivity index (χ3n) is 1.17. The largest absolute Gasteiger partial charge is 0.481 e. The summed E-state index contributed by atoms with van der Waals surface area (Å²) in [6.45, 7) is 2.68. The van der Waals surface area contributed by atoms with Crippen LogP contribution in [0.3, 0.4) is 0 Å². The maximum Gasteiger partial charge on any atom is 0.356 e. The van der Waals surface area contributed by atoms with Gasteiger partial charge in [0.15, 0.2) is 0 Å². The lowest BCUT2D eigenvalue weighted by Crippen LogP contribution is -2.26. The number of aliphatic carboxylic acids is 1. The Morgan fingerprint density at radius 1 is 1.40 bits per heavy atom. The lowest BCUT2D eigenvalue weighted by molar-refractivity contribution is -0.156. The van der Waals surface area contributed by atoms with Crippen LogP contribution in [0, 0.1) is 5.41 Å². The van der Waals surface area contributed by atoms with Gasteiger partial charge < -0.3 is 5.11 Å². The van der Waals surface area contributed by atoms with E-state index in [9.17, 15) is 14.7 Å². The smallest absolute Gasteiger partial charge is 0.356 e. The zero-order chi connectivity index (χ0) is 8.36. The predicted octanol–water partition coefficient (Wildman–Crippen LogP) is 0.444. The van der Waals surface area contributed by atoms with Crippen molar-refractivity contribution in [2.75, 3.05) is 0 Å². The Labute approximate surface area is 58.5 Å². The van der Waals surface area contributed by atoms with Crippen molar-refractivity contribution in [3.63, 3.8) is 0 Å². The van der Waals surface area contributed by atoms with E-state index in [1.165, 1.54) is 13.8 Å². The summed E-state index contributed by atoms with van der Waals surface area (Å²) in [5.41, 5.74) is -1.22. The number of rotatable bonds is 3. The molecule has 1 N–H and O–H groups in total. The zero-order valence-electron chi connectivity index (χ0n) is 5.88. The molecule has 0 rings (SSSR count). The van der Waals surface area contributed by atoms with Crippen molar-refractivity contribution in [2.24, 2.45) is 5.41 Å². The highest BCUT2D eigenvalue weighted by molar-refractivity contribution is 5.80. The quantitative estimate of drug-likeness (QED) is 0.626. The van der Waals surface area contributed by atoms with E-state index in [1.807, 2.05) is 0 Å². The standard InChI is InChI=1S/C6H9O4/c1-6(2,5(9)10)3-4(7)8/h3H2,1-2H3,(H,9,10). The van der Waals surface area contributed by atoms with Gasteiger partial charge in [0.2, 0.25) is 0 Å². The maximum absolute atomic E-state index is 10.3. The minimum Gasteiger partial charge on any atom is -0.481 e. The molecule has 0 fully saturated rings. The van der Waals surface area contributed by atoms with Crippen LogP contribution in [-0.2, 0) is 14.7 Å². The maximum atomic E-state index is 10.3. The van der Waals surface area contributed by atoms with Gasteiger partial charge in [-0.15, -0.1) is 0 Å². The molecule has 4 heteroatoms. The van der Waals surface area contributed by atoms with E-state index in [0.29, 0.717) is 0 Å². The average molecular weight is 145 g/mol. The second-order valence-electron chi connectivity index (χ2n) is 2.74. The fraction of sp³-hybridized carbons (Fsp3) is 0.667. The van der Waals surface area contributed by atoms with E-state index in [2.05, 4.69) is 0 Å². The molecule has 0 aromatic heterocycles. The Bertz CT molecular complexity index is 159. The summed E-state index contributed by atoms with van der Waals surface area (Å²) in [6.07, 6.45) is -0.456. The van der Waals surface area contributed by atoms with Gasteiger partial charge in [-0.05, 0) is 13.8 Å². The number of carboxylic acids is 1. The molecule has 0 aromatic rings. The topological polar surface area (TPSA) is 74.3 Å². The fourth-order valence-electron chi connectivity index (χ4n) is 0.436. The highest BCUT2D eigenvalue weighted by atomic mass is 16.4. The Morgan fingerprint density at radius 3 is 1.90 bits per heavy atom. The van der Waals surface area contributed by atoms with Crippen LogP contribution in [0.1, 0.15) is 20.3 Å². The summed E-state index contributed by atoms with van der Waals surface area (Å²) in [4.78, 5) is 20.2. The molecule has 0 aliphatic rings. The molecule has 1 radical (unpaired) electrons. The summed E-state index contributed by atoms with van der Waals surface area (Å²) in [5.74, 6) is -2.47. The van der Waals surface area contributed by atoms with Gasteiger partial charge in [-0.3, -0.25) is 4.79 Å². The third-order valence-corrected chi connectivity index (χ3v) is 1.17. The van der Waals surface area contributed by atoms with Gasteiger partial charge in [0.05, 0.1) is 11.8 Å². The lowest BCUT2D eigenvalue weighted by Gasteiger charge is -2.14. The molecule has 10 heavy (non-hydrogen) atoms. The zero-order valence-corrected chi connectivity index (χ0v) is 5.88. The van der Waals surface area contributed by atoms with Crippen molar-refractivity contribution in [3.8, 4) is 0 Å². The second-order valence-corrected chi connectivity index (χ2v) is 2.74. The van der Waals surface area contributed by atoms with Gasteiger partial charge in [-0.1, -0.05) is 0 Å². The molecular formula is C6H9O4. The molecule has 0 unspecified atom stereocenters. The van der Waals surface area contributed by atoms with Crippen LogP contribution in [0.2, 0.25) is 0 Å². The van der Waals surface area contributed by atoms with E-state index in [4.69, 9.17) is 5.11 Å². The van der Waals surface area contributed by atoms with Crippen molar-refractivity contribution < 1.29 is 19.8 Å². The van der Waals surface area contributed by atoms with Crippen molar-refractivity contribution in [1.29, 1.82) is 0 Å². The highest BCUT2D eigenvalue weighted by Gasteiger charge is 2.30. The minimum absolute atomic E-state index is 0.456. The number of hydrogen-bond donors (Lipinski definition) is 1. The average Bonchev–Trinajstić information content (AvgIpc) is 1.60. The number of carboxylic acid groups (broad SMARTS) is 1. The molecule has 0 spiro atoms. The summed E-state index contributed by atoms with van der Waals surface area (Å²) < 4.78 is 0. The van der Waals surface area contributed by atoms with Crippen LogP contribution in [0.4, 0.5) is 0 Å². The number of hydrogen-bond acceptors (Lipinski definition) is 2. The summed E-state index contributed by atoms with van der Waals surface area (Å²) in [6, 6.07) is 0. The Morgan fingerprint density at radius 2 is 1.80 bits per heavy atom. The molecule has 0 aromatic carbocycles. The summed E-state index contributed by atoms with van der Waals surface area (Å²) in [7, 11) is 0. The first-order valence-corrected chi connectivity index (χ1v) is 2.79. The van der Waals surface area contributed by atoms with Gasteiger partial charge in [-0.2, -0.15) is 0 Å². The van der Waals surface area contributed by atoms with Crippen LogP contribution >= 0.6 is 0 Å². The molecular weight excluding hydrogens is 136 g/mol. The molecule has 0 saturated heterocycles. The second kappa shape index (κ2) is 2.68. The van der Waals surface area contributed by atoms with Crippen LogP contribution in [0.25, 0.3) is 0 Å². The first kappa shape index (κ1) is 8.94. The molecule has 0 aliphatic carbocycles. The van der Waals surface area contributed by atoms with Crippen molar-refractivity contribution >= 4 is 11.9 Å². The van der Waals surface area contributed by atoms with Crippen molar-refractivity contribution in [3.05, 3.63) is 0 Å². The van der Waals surface area contributed by atoms with Crippen molar-refractivity contribution in [2.45, 2.75) is 20.3 Å². The predicted molar refractivity (Wildman–Crippen MR) is 31.7 cm³/mol. The normalized spacial score (nSPS) is 11.0. The molecule has 0 saturated carbocycles. The van der Waals surface area contributed by atoms with Gasteiger partial charge in [0.1, 0.15) is 0 Å². The number of carbonyl (C=O) groups excluding carboxylic acids is 1. The van der Waals surface area contributed by atoms with Crippen LogP contribution in [0.5, 0.6) is 0 Å². The van der Waals surface area contributed by atoms with E-state index in [1.54, 1.807) is 0 Å². The number of carbonyl (C=O) groups is 2. The van der Waals surface area contributed by atoms with E-state index < -0.39 is 23.8 Å². The molecule has 0 heterocycles. The van der Waals surface area contributed by atoms with Crippen LogP contribution in [-0.4, -0.2) is 17.0 Å². The van der Waals surface area contributed by atoms with Crippen LogP contribution < -0.4 is 0 Å². The SMILES string of the molecule is CC(C)(CC([O])=O)C(=O)O. The molecule has 0 atom stereocenters. The monoisotopic (exact) mass is 145 g/mol. The fourth-order valence-corrected chi connectivity index (χ4v) is 0.436. The molecule has 0 amide bonds. The minimum atomic E-state index is -1.34. The third kappa shape index (κ3) is 2.48. The van der Waals surface area contributed by atoms with Gasteiger partial charge >= 0.3 is 11.9 Å². The van der Waals surface area contributed by atoms with E-state index in [-0.39, 0.29) is 0 Å². The molecule has 0 aliphatic heterocycles. The highest BCUT2D eigenvalue weighted by Crippen LogP contribution is 2.19. The van der Waals surface area contributed by atoms with Gasteiger partial charge in [0.25, 0.3) is 0 Å². The summed E-state index contributed by atoms with van der Waals surface area (Å²) >= 11 is 0. The Balaban J connectivity index is 4.13. The Kier molecular flexibility index (Phi) is 2.40. The van der Waals surface area contributed by atoms with Gasteiger partial charge in [0, 0.05) is 0 Å². The van der Waals surface area contributed by atoms with Crippen molar-refractivity contribution in [1.82, 2.24) is 0 Å². The summed E-state index contributed by atoms with van der Waals surface area (Å²) in [5, 5.41) is 18.3. The molecule has 0 bridgehead atoms. The molecule has 57 valence electrons.